The third-order valence-corrected chi connectivity index (χ3v) is 1.52. The quantitative estimate of drug-likeness (QED) is 0.608. The molecular weight excluding hydrogens is 150 g/mol. The molecule has 2 nitrogen and oxygen atoms in total. The molecule has 0 aromatic carbocycles. The highest BCUT2D eigenvalue weighted by molar-refractivity contribution is 5.26. The Morgan fingerprint density at radius 1 is 1.67 bits per heavy atom. The minimum Gasteiger partial charge on any atom is -0.394 e. The molecule has 0 aromatic heterocycles. The van der Waals surface area contributed by atoms with E-state index in [1.165, 1.54) is 0 Å². The summed E-state index contributed by atoms with van der Waals surface area (Å²) in [7, 11) is 0. The van der Waals surface area contributed by atoms with Crippen LogP contribution in [0.15, 0.2) is 36.5 Å². The first-order valence-electron chi connectivity index (χ1n) is 4.11. The molecule has 0 aliphatic carbocycles. The van der Waals surface area contributed by atoms with E-state index >= 15 is 0 Å². The zero-order chi connectivity index (χ0) is 9.40. The maximum Gasteiger partial charge on any atom is 0.0624 e. The molecule has 0 rings (SSSR count). The van der Waals surface area contributed by atoms with E-state index in [9.17, 15) is 0 Å². The van der Waals surface area contributed by atoms with Crippen molar-refractivity contribution in [2.24, 2.45) is 5.73 Å². The molecule has 0 aliphatic rings. The van der Waals surface area contributed by atoms with Gasteiger partial charge in [-0.05, 0) is 12.0 Å². The number of allylic oxidation sites excluding steroid dienone is 3. The van der Waals surface area contributed by atoms with Crippen molar-refractivity contribution in [1.82, 2.24) is 0 Å². The van der Waals surface area contributed by atoms with E-state index in [0.29, 0.717) is 0 Å². The van der Waals surface area contributed by atoms with Gasteiger partial charge in [-0.2, -0.15) is 0 Å². The fourth-order valence-electron chi connectivity index (χ4n) is 0.764. The normalized spacial score (nSPS) is 15.1. The number of nitrogens with two attached hydrogens (primary N) is 1. The Kier molecular flexibility index (Phi) is 6.34. The van der Waals surface area contributed by atoms with Crippen molar-refractivity contribution >= 4 is 0 Å². The van der Waals surface area contributed by atoms with Gasteiger partial charge in [0.05, 0.1) is 12.6 Å². The second-order valence-electron chi connectivity index (χ2n) is 2.50. The number of aliphatic hydroxyl groups is 1. The second kappa shape index (κ2) is 6.83. The van der Waals surface area contributed by atoms with Gasteiger partial charge in [-0.25, -0.2) is 0 Å². The van der Waals surface area contributed by atoms with E-state index in [-0.39, 0.29) is 12.6 Å². The van der Waals surface area contributed by atoms with Gasteiger partial charge in [0.2, 0.25) is 0 Å². The molecule has 1 atom stereocenters. The van der Waals surface area contributed by atoms with Gasteiger partial charge in [0, 0.05) is 0 Å². The largest absolute Gasteiger partial charge is 0.394 e. The van der Waals surface area contributed by atoms with Crippen molar-refractivity contribution in [3.63, 3.8) is 0 Å². The minimum absolute atomic E-state index is 0.0438. The first kappa shape index (κ1) is 11.1. The Morgan fingerprint density at radius 2 is 2.33 bits per heavy atom. The zero-order valence-electron chi connectivity index (χ0n) is 7.53. The van der Waals surface area contributed by atoms with Crippen molar-refractivity contribution in [1.29, 1.82) is 0 Å². The average molecular weight is 167 g/mol. The summed E-state index contributed by atoms with van der Waals surface area (Å²) in [5.41, 5.74) is 6.45. The van der Waals surface area contributed by atoms with Crippen molar-refractivity contribution in [2.75, 3.05) is 6.61 Å². The lowest BCUT2D eigenvalue weighted by Crippen LogP contribution is -2.25. The number of hydrogen-bond acceptors (Lipinski definition) is 2. The third kappa shape index (κ3) is 4.11. The molecule has 0 saturated heterocycles. The van der Waals surface area contributed by atoms with Gasteiger partial charge in [-0.1, -0.05) is 37.8 Å². The van der Waals surface area contributed by atoms with Crippen LogP contribution in [0.1, 0.15) is 13.3 Å². The highest BCUT2D eigenvalue weighted by Crippen LogP contribution is 2.01. The Bertz CT molecular complexity index is 182. The molecule has 0 saturated carbocycles. The van der Waals surface area contributed by atoms with Gasteiger partial charge in [0.1, 0.15) is 0 Å². The van der Waals surface area contributed by atoms with Crippen molar-refractivity contribution in [2.45, 2.75) is 19.4 Å². The fourth-order valence-corrected chi connectivity index (χ4v) is 0.764. The van der Waals surface area contributed by atoms with Crippen LogP contribution >= 0.6 is 0 Å². The van der Waals surface area contributed by atoms with Gasteiger partial charge >= 0.3 is 0 Å². The van der Waals surface area contributed by atoms with Gasteiger partial charge in [-0.15, -0.1) is 0 Å². The van der Waals surface area contributed by atoms with Crippen LogP contribution in [0.2, 0.25) is 0 Å². The summed E-state index contributed by atoms with van der Waals surface area (Å²) in [6, 6.07) is -0.316. The molecule has 0 aliphatic heterocycles. The predicted molar refractivity (Wildman–Crippen MR) is 52.8 cm³/mol. The predicted octanol–water partition coefficient (Wildman–Crippen LogP) is 1.38. The Balaban J connectivity index is 4.22. The van der Waals surface area contributed by atoms with Crippen molar-refractivity contribution < 1.29 is 5.11 Å². The number of hydrogen-bond donors (Lipinski definition) is 2. The minimum atomic E-state index is -0.316. The topological polar surface area (TPSA) is 46.2 Å². The molecule has 0 aromatic rings. The van der Waals surface area contributed by atoms with Gasteiger partial charge < -0.3 is 10.8 Å². The van der Waals surface area contributed by atoms with Crippen molar-refractivity contribution in [3.05, 3.63) is 36.5 Å². The smallest absolute Gasteiger partial charge is 0.0624 e. The van der Waals surface area contributed by atoms with Crippen LogP contribution < -0.4 is 5.73 Å². The Labute approximate surface area is 74.1 Å². The lowest BCUT2D eigenvalue weighted by atomic mass is 10.1. The van der Waals surface area contributed by atoms with Crippen LogP contribution in [-0.4, -0.2) is 17.8 Å². The molecular formula is C10H17NO. The van der Waals surface area contributed by atoms with Crippen LogP contribution in [0.4, 0.5) is 0 Å². The van der Waals surface area contributed by atoms with Crippen LogP contribution in [0, 0.1) is 0 Å². The Hall–Kier alpha value is -0.860. The molecule has 3 N–H and O–H groups in total. The van der Waals surface area contributed by atoms with Gasteiger partial charge in [-0.3, -0.25) is 0 Å². The van der Waals surface area contributed by atoms with E-state index < -0.39 is 0 Å². The van der Waals surface area contributed by atoms with E-state index in [1.807, 2.05) is 18.2 Å². The summed E-state index contributed by atoms with van der Waals surface area (Å²) in [6.45, 7) is 5.63. The fraction of sp³-hybridized carbons (Fsp3) is 0.400. The molecule has 1 unspecified atom stereocenters. The summed E-state index contributed by atoms with van der Waals surface area (Å²) < 4.78 is 0. The van der Waals surface area contributed by atoms with Gasteiger partial charge in [0.25, 0.3) is 0 Å². The van der Waals surface area contributed by atoms with Crippen LogP contribution in [-0.2, 0) is 0 Å². The summed E-state index contributed by atoms with van der Waals surface area (Å²) in [4.78, 5) is 0. The zero-order valence-corrected chi connectivity index (χ0v) is 7.53. The first-order valence-corrected chi connectivity index (χ1v) is 4.11. The number of rotatable bonds is 5. The molecule has 0 amide bonds. The molecule has 0 fully saturated rings. The highest BCUT2D eigenvalue weighted by Gasteiger charge is 2.01. The van der Waals surface area contributed by atoms with E-state index in [1.54, 1.807) is 6.08 Å². The van der Waals surface area contributed by atoms with E-state index in [2.05, 4.69) is 13.5 Å². The monoisotopic (exact) mass is 167 g/mol. The average Bonchev–Trinajstić information content (AvgIpc) is 2.11. The molecule has 0 radical (unpaired) electrons. The second-order valence-corrected chi connectivity index (χ2v) is 2.50. The highest BCUT2D eigenvalue weighted by atomic mass is 16.3. The first-order chi connectivity index (χ1) is 5.76. The molecule has 0 spiro atoms. The molecule has 2 heteroatoms. The molecule has 12 heavy (non-hydrogen) atoms. The summed E-state index contributed by atoms with van der Waals surface area (Å²) in [5.74, 6) is 0. The number of aliphatic hydroxyl groups excluding tert-OH is 1. The summed E-state index contributed by atoms with van der Waals surface area (Å²) in [6.07, 6.45) is 8.48. The lowest BCUT2D eigenvalue weighted by Gasteiger charge is -2.07. The third-order valence-electron chi connectivity index (χ3n) is 1.52. The maximum atomic E-state index is 8.76. The molecule has 0 bridgehead atoms. The van der Waals surface area contributed by atoms with Crippen molar-refractivity contribution in [3.8, 4) is 0 Å². The van der Waals surface area contributed by atoms with E-state index in [0.717, 1.165) is 12.0 Å². The summed E-state index contributed by atoms with van der Waals surface area (Å²) >= 11 is 0. The van der Waals surface area contributed by atoms with Gasteiger partial charge in [0.15, 0.2) is 0 Å². The Morgan fingerprint density at radius 3 is 2.75 bits per heavy atom. The van der Waals surface area contributed by atoms with Crippen LogP contribution in [0.25, 0.3) is 0 Å². The summed E-state index contributed by atoms with van der Waals surface area (Å²) in [5, 5.41) is 8.76. The lowest BCUT2D eigenvalue weighted by molar-refractivity contribution is 0.281. The van der Waals surface area contributed by atoms with Crippen LogP contribution in [0.5, 0.6) is 0 Å². The van der Waals surface area contributed by atoms with E-state index in [4.69, 9.17) is 10.8 Å². The molecule has 68 valence electrons. The maximum absolute atomic E-state index is 8.76. The standard InChI is InChI=1S/C10H17NO/c1-3-5-6-7-9(4-2)10(11)8-12/h4-7,10,12H,2-3,8,11H2,1H3. The molecule has 0 heterocycles. The SMILES string of the molecule is C=CC(=CC=CCC)C(N)CO. The van der Waals surface area contributed by atoms with Crippen LogP contribution in [0.3, 0.4) is 0 Å².